The largest absolute Gasteiger partial charge is 0.471 e. The summed E-state index contributed by atoms with van der Waals surface area (Å²) in [5, 5.41) is 0. The van der Waals surface area contributed by atoms with Crippen LogP contribution >= 0.6 is 0 Å². The molecular formula is C20H25NO. The molecule has 1 heterocycles. The van der Waals surface area contributed by atoms with Gasteiger partial charge in [-0.25, -0.2) is 0 Å². The maximum Gasteiger partial charge on any atom is 0.169 e. The Kier molecular flexibility index (Phi) is 3.86. The van der Waals surface area contributed by atoms with Crippen LogP contribution in [0.3, 0.4) is 0 Å². The lowest BCUT2D eigenvalue weighted by atomic mass is 9.80. The van der Waals surface area contributed by atoms with Gasteiger partial charge in [0.25, 0.3) is 0 Å². The number of benzene rings is 2. The third-order valence-electron chi connectivity index (χ3n) is 4.60. The highest BCUT2D eigenvalue weighted by atomic mass is 16.5. The molecule has 0 saturated carbocycles. The molecule has 0 N–H and O–H groups in total. The van der Waals surface area contributed by atoms with E-state index in [0.29, 0.717) is 5.92 Å². The van der Waals surface area contributed by atoms with Gasteiger partial charge in [-0.15, -0.1) is 0 Å². The summed E-state index contributed by atoms with van der Waals surface area (Å²) in [4.78, 5) is 2.43. The van der Waals surface area contributed by atoms with Crippen LogP contribution in [-0.4, -0.2) is 11.8 Å². The number of para-hydroxylation sites is 2. The molecule has 0 aromatic heterocycles. The van der Waals surface area contributed by atoms with Crippen LogP contribution in [-0.2, 0) is 0 Å². The first-order chi connectivity index (χ1) is 10.5. The van der Waals surface area contributed by atoms with Gasteiger partial charge in [0.2, 0.25) is 0 Å². The number of nitrogens with zero attached hydrogens (tertiary/aromatic N) is 1. The summed E-state index contributed by atoms with van der Waals surface area (Å²) < 4.78 is 6.21. The maximum absolute atomic E-state index is 6.21. The molecule has 0 fully saturated rings. The second kappa shape index (κ2) is 5.68. The van der Waals surface area contributed by atoms with E-state index in [-0.39, 0.29) is 11.8 Å². The Morgan fingerprint density at radius 3 is 2.41 bits per heavy atom. The third kappa shape index (κ3) is 2.70. The fourth-order valence-corrected chi connectivity index (χ4v) is 3.84. The van der Waals surface area contributed by atoms with Gasteiger partial charge in [-0.2, -0.15) is 0 Å². The minimum absolute atomic E-state index is 0.00829. The van der Waals surface area contributed by atoms with Crippen molar-refractivity contribution in [2.45, 2.75) is 51.8 Å². The van der Waals surface area contributed by atoms with Crippen molar-refractivity contribution in [2.24, 2.45) is 0 Å². The Morgan fingerprint density at radius 1 is 1.05 bits per heavy atom. The van der Waals surface area contributed by atoms with Crippen molar-refractivity contribution in [1.82, 2.24) is 0 Å². The second-order valence-electron chi connectivity index (χ2n) is 6.88. The van der Waals surface area contributed by atoms with Gasteiger partial charge in [-0.1, -0.05) is 43.3 Å². The van der Waals surface area contributed by atoms with Crippen LogP contribution in [0.5, 0.6) is 5.75 Å². The van der Waals surface area contributed by atoms with Crippen LogP contribution in [0.25, 0.3) is 0 Å². The molecule has 0 amide bonds. The van der Waals surface area contributed by atoms with E-state index < -0.39 is 0 Å². The molecule has 2 aromatic rings. The first-order valence-electron chi connectivity index (χ1n) is 8.09. The molecule has 22 heavy (non-hydrogen) atoms. The highest BCUT2D eigenvalue weighted by Gasteiger charge is 2.39. The number of anilines is 1. The molecule has 0 radical (unpaired) electrons. The van der Waals surface area contributed by atoms with Crippen LogP contribution in [0.1, 0.15) is 45.6 Å². The van der Waals surface area contributed by atoms with Crippen LogP contribution in [0.2, 0.25) is 0 Å². The van der Waals surface area contributed by atoms with E-state index in [0.717, 1.165) is 12.2 Å². The zero-order chi connectivity index (χ0) is 15.7. The van der Waals surface area contributed by atoms with Crippen LogP contribution in [0.4, 0.5) is 5.69 Å². The lowest BCUT2D eigenvalue weighted by Gasteiger charge is -2.49. The van der Waals surface area contributed by atoms with Gasteiger partial charge in [0.1, 0.15) is 5.75 Å². The van der Waals surface area contributed by atoms with Gasteiger partial charge in [-0.05, 0) is 56.9 Å². The summed E-state index contributed by atoms with van der Waals surface area (Å²) in [7, 11) is 0. The fourth-order valence-electron chi connectivity index (χ4n) is 3.84. The minimum Gasteiger partial charge on any atom is -0.471 e. The van der Waals surface area contributed by atoms with Crippen molar-refractivity contribution in [3.63, 3.8) is 0 Å². The Balaban J connectivity index is 1.95. The predicted octanol–water partition coefficient (Wildman–Crippen LogP) is 5.20. The first kappa shape index (κ1) is 15.0. The van der Waals surface area contributed by atoms with E-state index >= 15 is 0 Å². The van der Waals surface area contributed by atoms with Crippen molar-refractivity contribution in [2.75, 3.05) is 4.90 Å². The van der Waals surface area contributed by atoms with E-state index in [1.54, 1.807) is 0 Å². The molecule has 2 atom stereocenters. The average Bonchev–Trinajstić information content (AvgIpc) is 2.47. The number of ether oxygens (including phenoxy) is 1. The SMILES string of the molecule is CC1CC(C)(C)N(C(C)Oc2ccccc2)c2ccccc21. The van der Waals surface area contributed by atoms with Gasteiger partial charge < -0.3 is 9.64 Å². The van der Waals surface area contributed by atoms with Crippen LogP contribution in [0.15, 0.2) is 54.6 Å². The van der Waals surface area contributed by atoms with Crippen molar-refractivity contribution in [3.05, 3.63) is 60.2 Å². The molecule has 3 rings (SSSR count). The quantitative estimate of drug-likeness (QED) is 0.771. The number of rotatable bonds is 3. The van der Waals surface area contributed by atoms with Crippen LogP contribution in [0, 0.1) is 0 Å². The topological polar surface area (TPSA) is 12.5 Å². The summed E-state index contributed by atoms with van der Waals surface area (Å²) in [6, 6.07) is 18.8. The molecule has 0 aliphatic carbocycles. The van der Waals surface area contributed by atoms with Crippen LogP contribution < -0.4 is 9.64 Å². The van der Waals surface area contributed by atoms with E-state index in [1.165, 1.54) is 11.3 Å². The van der Waals surface area contributed by atoms with Gasteiger partial charge in [0.15, 0.2) is 6.23 Å². The zero-order valence-corrected chi connectivity index (χ0v) is 13.9. The predicted molar refractivity (Wildman–Crippen MR) is 92.6 cm³/mol. The molecule has 1 aliphatic rings. The molecule has 0 bridgehead atoms. The Bertz CT molecular complexity index is 635. The lowest BCUT2D eigenvalue weighted by molar-refractivity contribution is 0.172. The average molecular weight is 295 g/mol. The highest BCUT2D eigenvalue weighted by Crippen LogP contribution is 2.44. The van der Waals surface area contributed by atoms with Gasteiger partial charge in [0.05, 0.1) is 0 Å². The summed E-state index contributed by atoms with van der Waals surface area (Å²) >= 11 is 0. The molecule has 0 saturated heterocycles. The van der Waals surface area contributed by atoms with E-state index in [2.05, 4.69) is 56.9 Å². The molecular weight excluding hydrogens is 270 g/mol. The van der Waals surface area contributed by atoms with Gasteiger partial charge >= 0.3 is 0 Å². The summed E-state index contributed by atoms with van der Waals surface area (Å²) in [6.45, 7) is 9.08. The molecule has 1 aliphatic heterocycles. The summed E-state index contributed by atoms with van der Waals surface area (Å²) in [5.41, 5.74) is 2.79. The van der Waals surface area contributed by atoms with Crippen molar-refractivity contribution >= 4 is 5.69 Å². The molecule has 2 heteroatoms. The van der Waals surface area contributed by atoms with Gasteiger partial charge in [-0.3, -0.25) is 0 Å². The van der Waals surface area contributed by atoms with Crippen molar-refractivity contribution in [1.29, 1.82) is 0 Å². The standard InChI is InChI=1S/C20H25NO/c1-15-14-20(3,4)21(19-13-9-8-12-18(15)19)16(2)22-17-10-6-5-7-11-17/h5-13,15-16H,14H2,1-4H3. The van der Waals surface area contributed by atoms with Crippen molar-refractivity contribution < 1.29 is 4.74 Å². The fraction of sp³-hybridized carbons (Fsp3) is 0.400. The number of hydrogen-bond acceptors (Lipinski definition) is 2. The first-order valence-corrected chi connectivity index (χ1v) is 8.09. The normalized spacial score (nSPS) is 21.1. The minimum atomic E-state index is -0.00829. The smallest absolute Gasteiger partial charge is 0.169 e. The Morgan fingerprint density at radius 2 is 1.68 bits per heavy atom. The maximum atomic E-state index is 6.21. The number of hydrogen-bond donors (Lipinski definition) is 0. The molecule has 2 unspecified atom stereocenters. The summed E-state index contributed by atoms with van der Waals surface area (Å²) in [6.07, 6.45) is 1.12. The van der Waals surface area contributed by atoms with E-state index in [4.69, 9.17) is 4.74 Å². The third-order valence-corrected chi connectivity index (χ3v) is 4.60. The summed E-state index contributed by atoms with van der Waals surface area (Å²) in [5.74, 6) is 1.49. The lowest BCUT2D eigenvalue weighted by Crippen LogP contribution is -2.54. The van der Waals surface area contributed by atoms with E-state index in [1.807, 2.05) is 30.3 Å². The van der Waals surface area contributed by atoms with Crippen molar-refractivity contribution in [3.8, 4) is 5.75 Å². The molecule has 0 spiro atoms. The molecule has 2 nitrogen and oxygen atoms in total. The monoisotopic (exact) mass is 295 g/mol. The Hall–Kier alpha value is -1.96. The van der Waals surface area contributed by atoms with Gasteiger partial charge in [0, 0.05) is 11.2 Å². The second-order valence-corrected chi connectivity index (χ2v) is 6.88. The zero-order valence-electron chi connectivity index (χ0n) is 13.9. The highest BCUT2D eigenvalue weighted by molar-refractivity contribution is 5.60. The molecule has 2 aromatic carbocycles. The van der Waals surface area contributed by atoms with E-state index in [9.17, 15) is 0 Å². The molecule has 116 valence electrons. The Labute approximate surface area is 133 Å². The number of fused-ring (bicyclic) bond motifs is 1.